The lowest BCUT2D eigenvalue weighted by Crippen LogP contribution is -2.32. The maximum atomic E-state index is 12.3. The van der Waals surface area contributed by atoms with Gasteiger partial charge in [0.05, 0.1) is 5.69 Å². The van der Waals surface area contributed by atoms with Crippen molar-refractivity contribution in [3.8, 4) is 5.69 Å². The molecule has 0 fully saturated rings. The first-order valence-corrected chi connectivity index (χ1v) is 6.08. The molecule has 1 N–H and O–H groups in total. The number of hydrogen-bond acceptors (Lipinski definition) is 3. The number of hydrogen-bond donors (Lipinski definition) is 1. The van der Waals surface area contributed by atoms with Crippen LogP contribution in [-0.4, -0.2) is 20.1 Å². The predicted molar refractivity (Wildman–Crippen MR) is 75.2 cm³/mol. The third-order valence-electron chi connectivity index (χ3n) is 2.94. The number of carbonyl (C=O) groups is 1. The van der Waals surface area contributed by atoms with Gasteiger partial charge in [0, 0.05) is 0 Å². The summed E-state index contributed by atoms with van der Waals surface area (Å²) < 4.78 is 2.00. The molecule has 6 nitrogen and oxygen atoms in total. The molecule has 2 aromatic rings. The van der Waals surface area contributed by atoms with Crippen LogP contribution in [0, 0.1) is 0 Å². The molecule has 0 aliphatic heterocycles. The number of aromatic nitrogens is 3. The largest absolute Gasteiger partial charge is 0.352 e. The van der Waals surface area contributed by atoms with Crippen LogP contribution in [-0.2, 0) is 4.79 Å². The quantitative estimate of drug-likeness (QED) is 0.845. The summed E-state index contributed by atoms with van der Waals surface area (Å²) in [5.74, 6) is -0.263. The first-order chi connectivity index (χ1) is 9.43. The number of nitrogens with one attached hydrogen (secondary N) is 1. The number of para-hydroxylation sites is 1. The molecule has 104 valence electrons. The zero-order valence-electron chi connectivity index (χ0n) is 11.3. The summed E-state index contributed by atoms with van der Waals surface area (Å²) in [7, 11) is 0. The summed E-state index contributed by atoms with van der Waals surface area (Å²) in [5.41, 5.74) is -0.249. The maximum absolute atomic E-state index is 12.3. The Morgan fingerprint density at radius 2 is 1.80 bits per heavy atom. The van der Waals surface area contributed by atoms with Crippen LogP contribution >= 0.6 is 0 Å². The van der Waals surface area contributed by atoms with Crippen LogP contribution in [0.15, 0.2) is 52.1 Å². The van der Waals surface area contributed by atoms with Crippen LogP contribution in [0.5, 0.6) is 0 Å². The van der Waals surface area contributed by atoms with Gasteiger partial charge >= 0.3 is 11.4 Å². The van der Waals surface area contributed by atoms with Crippen molar-refractivity contribution < 1.29 is 4.79 Å². The lowest BCUT2D eigenvalue weighted by atomic mass is 10.1. The van der Waals surface area contributed by atoms with Gasteiger partial charge in [0.1, 0.15) is 6.04 Å². The molecule has 0 saturated carbocycles. The molecule has 0 bridgehead atoms. The first-order valence-electron chi connectivity index (χ1n) is 6.08. The van der Waals surface area contributed by atoms with E-state index in [-0.39, 0.29) is 5.78 Å². The van der Waals surface area contributed by atoms with Crippen molar-refractivity contribution in [1.29, 1.82) is 0 Å². The fraction of sp³-hybridized carbons (Fsp3) is 0.214. The maximum Gasteiger partial charge on any atom is 0.352 e. The van der Waals surface area contributed by atoms with E-state index in [1.165, 1.54) is 6.92 Å². The Bertz CT molecular complexity index is 751. The van der Waals surface area contributed by atoms with E-state index in [4.69, 9.17) is 0 Å². The molecule has 0 saturated heterocycles. The predicted octanol–water partition coefficient (Wildman–Crippen LogP) is 1.03. The third kappa shape index (κ3) is 2.27. The van der Waals surface area contributed by atoms with Crippen LogP contribution in [0.25, 0.3) is 5.69 Å². The summed E-state index contributed by atoms with van der Waals surface area (Å²) in [5, 5.41) is 2.40. The molecule has 0 spiro atoms. The molecule has 20 heavy (non-hydrogen) atoms. The summed E-state index contributed by atoms with van der Waals surface area (Å²) in [6.07, 6.45) is 0. The topological polar surface area (TPSA) is 76.9 Å². The van der Waals surface area contributed by atoms with Gasteiger partial charge in [-0.3, -0.25) is 4.79 Å². The molecule has 2 rings (SSSR count). The fourth-order valence-corrected chi connectivity index (χ4v) is 2.12. The Kier molecular flexibility index (Phi) is 3.56. The molecule has 0 aliphatic rings. The summed E-state index contributed by atoms with van der Waals surface area (Å²) in [6, 6.07) is 7.65. The van der Waals surface area contributed by atoms with Crippen molar-refractivity contribution >= 4 is 5.78 Å². The van der Waals surface area contributed by atoms with Gasteiger partial charge in [-0.15, -0.1) is 0 Å². The van der Waals surface area contributed by atoms with Crippen molar-refractivity contribution in [2.75, 3.05) is 0 Å². The second kappa shape index (κ2) is 5.16. The standard InChI is InChI=1S/C14H15N3O3/c1-9(2)12(10(3)18)17-14(20)16(13(19)15-17)11-7-5-4-6-8-11/h4-8,12H,1H2,2-3H3,(H,15,19). The molecule has 0 amide bonds. The highest BCUT2D eigenvalue weighted by Gasteiger charge is 2.22. The summed E-state index contributed by atoms with van der Waals surface area (Å²) >= 11 is 0. The van der Waals surface area contributed by atoms with Crippen LogP contribution in [0.2, 0.25) is 0 Å². The highest BCUT2D eigenvalue weighted by atomic mass is 16.2. The summed E-state index contributed by atoms with van der Waals surface area (Å²) in [6.45, 7) is 6.68. The van der Waals surface area contributed by atoms with Crippen molar-refractivity contribution in [3.63, 3.8) is 0 Å². The van der Waals surface area contributed by atoms with Crippen molar-refractivity contribution in [3.05, 3.63) is 63.5 Å². The van der Waals surface area contributed by atoms with Crippen molar-refractivity contribution in [1.82, 2.24) is 14.3 Å². The van der Waals surface area contributed by atoms with Gasteiger partial charge in [0.2, 0.25) is 0 Å². The Morgan fingerprint density at radius 1 is 1.20 bits per heavy atom. The summed E-state index contributed by atoms with van der Waals surface area (Å²) in [4.78, 5) is 35.9. The zero-order chi connectivity index (χ0) is 14.9. The van der Waals surface area contributed by atoms with Gasteiger partial charge in [-0.2, -0.15) is 0 Å². The fourth-order valence-electron chi connectivity index (χ4n) is 2.12. The molecule has 1 atom stereocenters. The van der Waals surface area contributed by atoms with Crippen LogP contribution in [0.3, 0.4) is 0 Å². The minimum Gasteiger partial charge on any atom is -0.297 e. The molecule has 0 aliphatic carbocycles. The Labute approximate surface area is 115 Å². The van der Waals surface area contributed by atoms with Crippen molar-refractivity contribution in [2.45, 2.75) is 19.9 Å². The average Bonchev–Trinajstić information content (AvgIpc) is 2.65. The minimum absolute atomic E-state index is 0.263. The molecular formula is C14H15N3O3. The van der Waals surface area contributed by atoms with Gasteiger partial charge in [0.15, 0.2) is 5.78 Å². The highest BCUT2D eigenvalue weighted by molar-refractivity contribution is 5.82. The van der Waals surface area contributed by atoms with Gasteiger partial charge in [-0.05, 0) is 31.6 Å². The Hall–Kier alpha value is -2.63. The monoisotopic (exact) mass is 273 g/mol. The second-order valence-electron chi connectivity index (χ2n) is 4.60. The second-order valence-corrected chi connectivity index (χ2v) is 4.60. The van der Waals surface area contributed by atoms with Crippen LogP contribution in [0.1, 0.15) is 19.9 Å². The third-order valence-corrected chi connectivity index (χ3v) is 2.94. The van der Waals surface area contributed by atoms with E-state index in [1.54, 1.807) is 37.3 Å². The smallest absolute Gasteiger partial charge is 0.297 e. The average molecular weight is 273 g/mol. The van der Waals surface area contributed by atoms with Gasteiger partial charge in [-0.1, -0.05) is 24.8 Å². The number of Topliss-reactive ketones (excluding diaryl/α,β-unsaturated/α-hetero) is 1. The molecule has 1 unspecified atom stereocenters. The van der Waals surface area contributed by atoms with E-state index in [0.717, 1.165) is 9.25 Å². The number of carbonyl (C=O) groups excluding carboxylic acids is 1. The first kappa shape index (κ1) is 13.8. The molecular weight excluding hydrogens is 258 g/mol. The number of H-pyrrole nitrogens is 1. The lowest BCUT2D eigenvalue weighted by molar-refractivity contribution is -0.119. The molecule has 0 radical (unpaired) electrons. The normalized spacial score (nSPS) is 12.1. The van der Waals surface area contributed by atoms with E-state index >= 15 is 0 Å². The molecule has 1 heterocycles. The number of benzene rings is 1. The van der Waals surface area contributed by atoms with E-state index in [0.29, 0.717) is 11.3 Å². The van der Waals surface area contributed by atoms with Gasteiger partial charge in [0.25, 0.3) is 0 Å². The molecule has 6 heteroatoms. The van der Waals surface area contributed by atoms with Gasteiger partial charge in [-0.25, -0.2) is 23.9 Å². The number of allylic oxidation sites excluding steroid dienone is 1. The van der Waals surface area contributed by atoms with E-state index in [2.05, 4.69) is 11.7 Å². The van der Waals surface area contributed by atoms with Gasteiger partial charge < -0.3 is 0 Å². The van der Waals surface area contributed by atoms with E-state index in [9.17, 15) is 14.4 Å². The van der Waals surface area contributed by atoms with E-state index < -0.39 is 17.4 Å². The lowest BCUT2D eigenvalue weighted by Gasteiger charge is -2.13. The Balaban J connectivity index is 2.67. The Morgan fingerprint density at radius 3 is 2.30 bits per heavy atom. The molecule has 1 aromatic carbocycles. The minimum atomic E-state index is -0.861. The number of ketones is 1. The zero-order valence-corrected chi connectivity index (χ0v) is 11.3. The highest BCUT2D eigenvalue weighted by Crippen LogP contribution is 2.13. The van der Waals surface area contributed by atoms with Crippen LogP contribution in [0.4, 0.5) is 0 Å². The SMILES string of the molecule is C=C(C)C(C(C)=O)n1[nH]c(=O)n(-c2ccccc2)c1=O. The number of aromatic amines is 1. The van der Waals surface area contributed by atoms with Crippen LogP contribution < -0.4 is 11.4 Å². The molecule has 1 aromatic heterocycles. The van der Waals surface area contributed by atoms with E-state index in [1.807, 2.05) is 0 Å². The number of rotatable bonds is 4. The number of nitrogens with zero attached hydrogens (tertiary/aromatic N) is 2. The van der Waals surface area contributed by atoms with Crippen molar-refractivity contribution in [2.24, 2.45) is 0 Å².